The number of nitrogens with zero attached hydrogens (tertiary/aromatic N) is 2. The maximum Gasteiger partial charge on any atom is 0.358 e. The predicted octanol–water partition coefficient (Wildman–Crippen LogP) is 1.44. The highest BCUT2D eigenvalue weighted by molar-refractivity contribution is 6.59. The van der Waals surface area contributed by atoms with E-state index in [0.717, 1.165) is 0 Å². The molecule has 1 aromatic rings. The molecule has 0 saturated heterocycles. The van der Waals surface area contributed by atoms with E-state index in [1.54, 1.807) is 6.92 Å². The number of oxime groups is 1. The molecule has 0 saturated carbocycles. The minimum atomic E-state index is -0.632. The zero-order chi connectivity index (χ0) is 14.0. The summed E-state index contributed by atoms with van der Waals surface area (Å²) in [7, 11) is 5.52. The molecule has 1 aliphatic heterocycles. The van der Waals surface area contributed by atoms with Gasteiger partial charge in [0.05, 0.1) is 23.0 Å². The third-order valence-corrected chi connectivity index (χ3v) is 2.89. The summed E-state index contributed by atoms with van der Waals surface area (Å²) in [5.41, 5.74) is 6.74. The van der Waals surface area contributed by atoms with Gasteiger partial charge in [-0.15, -0.1) is 5.16 Å². The van der Waals surface area contributed by atoms with Gasteiger partial charge in [-0.3, -0.25) is 0 Å². The van der Waals surface area contributed by atoms with Gasteiger partial charge in [0.15, 0.2) is 11.8 Å². The molecular formula is C11H11BClN3O3. The molecule has 6 nitrogen and oxygen atoms in total. The van der Waals surface area contributed by atoms with Gasteiger partial charge >= 0.3 is 5.97 Å². The molecule has 0 fully saturated rings. The molecule has 1 atom stereocenters. The van der Waals surface area contributed by atoms with Crippen LogP contribution in [0.5, 0.6) is 0 Å². The number of esters is 1. The topological polar surface area (TPSA) is 86.8 Å². The smallest absolute Gasteiger partial charge is 0.358 e. The quantitative estimate of drug-likeness (QED) is 0.668. The fourth-order valence-electron chi connectivity index (χ4n) is 1.62. The maximum atomic E-state index is 11.7. The Morgan fingerprint density at radius 2 is 2.47 bits per heavy atom. The molecule has 0 aromatic carbocycles. The van der Waals surface area contributed by atoms with Crippen LogP contribution in [0.1, 0.15) is 35.6 Å². The van der Waals surface area contributed by atoms with E-state index in [0.29, 0.717) is 17.7 Å². The highest BCUT2D eigenvalue weighted by Crippen LogP contribution is 2.30. The van der Waals surface area contributed by atoms with Gasteiger partial charge in [0.1, 0.15) is 7.85 Å². The summed E-state index contributed by atoms with van der Waals surface area (Å²) >= 11 is 5.95. The van der Waals surface area contributed by atoms with E-state index in [1.807, 2.05) is 0 Å². The first kappa shape index (κ1) is 13.7. The van der Waals surface area contributed by atoms with Crippen LogP contribution in [0.15, 0.2) is 11.2 Å². The van der Waals surface area contributed by atoms with Gasteiger partial charge < -0.3 is 15.3 Å². The molecule has 1 aliphatic rings. The molecule has 2 radical (unpaired) electrons. The van der Waals surface area contributed by atoms with Crippen LogP contribution in [0.25, 0.3) is 0 Å². The molecular weight excluding hydrogens is 268 g/mol. The number of rotatable bonds is 3. The van der Waals surface area contributed by atoms with Crippen molar-refractivity contribution in [2.24, 2.45) is 5.16 Å². The number of halogens is 1. The molecule has 19 heavy (non-hydrogen) atoms. The minimum absolute atomic E-state index is 0.0346. The van der Waals surface area contributed by atoms with Crippen LogP contribution in [0.4, 0.5) is 5.69 Å². The highest BCUT2D eigenvalue weighted by Gasteiger charge is 2.25. The SMILES string of the molecule is [B]C1=NOC(c2cc(N)c(Cl)c(C(=O)OCC)n2)C1. The number of ether oxygens (including phenoxy) is 1. The zero-order valence-corrected chi connectivity index (χ0v) is 11.0. The molecule has 1 unspecified atom stereocenters. The third-order valence-electron chi connectivity index (χ3n) is 2.50. The molecule has 2 N–H and O–H groups in total. The number of carbonyl (C=O) groups excluding carboxylic acids is 1. The molecule has 98 valence electrons. The third kappa shape index (κ3) is 2.81. The van der Waals surface area contributed by atoms with Crippen molar-refractivity contribution < 1.29 is 14.4 Å². The molecule has 2 rings (SSSR count). The van der Waals surface area contributed by atoms with Crippen LogP contribution >= 0.6 is 11.6 Å². The van der Waals surface area contributed by atoms with Crippen molar-refractivity contribution in [3.8, 4) is 0 Å². The summed E-state index contributed by atoms with van der Waals surface area (Å²) in [6.45, 7) is 1.91. The number of pyridine rings is 1. The highest BCUT2D eigenvalue weighted by atomic mass is 35.5. The van der Waals surface area contributed by atoms with Gasteiger partial charge in [-0.1, -0.05) is 11.6 Å². The van der Waals surface area contributed by atoms with E-state index < -0.39 is 12.1 Å². The Labute approximate surface area is 116 Å². The number of carbonyl (C=O) groups is 1. The summed E-state index contributed by atoms with van der Waals surface area (Å²) in [6, 6.07) is 1.53. The van der Waals surface area contributed by atoms with Crippen LogP contribution in [-0.4, -0.2) is 31.0 Å². The number of anilines is 1. The zero-order valence-electron chi connectivity index (χ0n) is 10.2. The normalized spacial score (nSPS) is 17.8. The lowest BCUT2D eigenvalue weighted by atomic mass is 9.95. The van der Waals surface area contributed by atoms with Crippen LogP contribution in [-0.2, 0) is 9.57 Å². The van der Waals surface area contributed by atoms with Crippen molar-refractivity contribution in [2.45, 2.75) is 19.4 Å². The average molecular weight is 279 g/mol. The van der Waals surface area contributed by atoms with Crippen LogP contribution in [0.2, 0.25) is 5.02 Å². The van der Waals surface area contributed by atoms with Crippen LogP contribution < -0.4 is 5.73 Å². The number of hydrogen-bond acceptors (Lipinski definition) is 6. The Balaban J connectivity index is 2.34. The second-order valence-electron chi connectivity index (χ2n) is 3.90. The lowest BCUT2D eigenvalue weighted by molar-refractivity contribution is 0.0516. The summed E-state index contributed by atoms with van der Waals surface area (Å²) < 4.78 is 4.87. The number of hydrogen-bond donors (Lipinski definition) is 1. The Bertz CT molecular complexity index is 550. The summed E-state index contributed by atoms with van der Waals surface area (Å²) in [5.74, 6) is -0.632. The van der Waals surface area contributed by atoms with E-state index in [9.17, 15) is 4.79 Å². The predicted molar refractivity (Wildman–Crippen MR) is 71.2 cm³/mol. The van der Waals surface area contributed by atoms with E-state index in [1.165, 1.54) is 6.07 Å². The van der Waals surface area contributed by atoms with E-state index >= 15 is 0 Å². The van der Waals surface area contributed by atoms with Crippen molar-refractivity contribution in [2.75, 3.05) is 12.3 Å². The first-order valence-corrected chi connectivity index (χ1v) is 6.02. The van der Waals surface area contributed by atoms with E-state index in [2.05, 4.69) is 10.1 Å². The molecule has 0 aliphatic carbocycles. The Kier molecular flexibility index (Phi) is 3.94. The molecule has 0 spiro atoms. The lowest BCUT2D eigenvalue weighted by Gasteiger charge is -2.12. The Morgan fingerprint density at radius 3 is 3.05 bits per heavy atom. The van der Waals surface area contributed by atoms with Crippen LogP contribution in [0.3, 0.4) is 0 Å². The van der Waals surface area contributed by atoms with Gasteiger partial charge in [-0.05, 0) is 13.0 Å². The standard InChI is InChI=1S/C11H11BClN3O3/c1-2-18-11(17)10-9(13)5(14)3-6(15-10)7-4-8(12)16-19-7/h3,7H,2,4H2,1H3,(H2,14,15). The number of nitrogens with two attached hydrogens (primary N) is 1. The van der Waals surface area contributed by atoms with Crippen molar-refractivity contribution in [1.29, 1.82) is 0 Å². The van der Waals surface area contributed by atoms with Crippen molar-refractivity contribution in [3.05, 3.63) is 22.5 Å². The summed E-state index contributed by atoms with van der Waals surface area (Å²) in [6.07, 6.45) is -0.0798. The molecule has 0 amide bonds. The Morgan fingerprint density at radius 1 is 1.74 bits per heavy atom. The van der Waals surface area contributed by atoms with Crippen molar-refractivity contribution in [1.82, 2.24) is 4.98 Å². The average Bonchev–Trinajstić information content (AvgIpc) is 2.79. The summed E-state index contributed by atoms with van der Waals surface area (Å²) in [5, 5.41) is 3.69. The molecule has 8 heteroatoms. The number of aromatic nitrogens is 1. The van der Waals surface area contributed by atoms with Gasteiger partial charge in [0.2, 0.25) is 0 Å². The van der Waals surface area contributed by atoms with Crippen molar-refractivity contribution in [3.63, 3.8) is 0 Å². The first-order valence-electron chi connectivity index (χ1n) is 5.64. The van der Waals surface area contributed by atoms with E-state index in [-0.39, 0.29) is 23.0 Å². The first-order chi connectivity index (χ1) is 9.02. The maximum absolute atomic E-state index is 11.7. The fraction of sp³-hybridized carbons (Fsp3) is 0.364. The molecule has 0 bridgehead atoms. The second kappa shape index (κ2) is 5.48. The van der Waals surface area contributed by atoms with Gasteiger partial charge in [-0.25, -0.2) is 9.78 Å². The lowest BCUT2D eigenvalue weighted by Crippen LogP contribution is -2.13. The van der Waals surface area contributed by atoms with Gasteiger partial charge in [0.25, 0.3) is 0 Å². The van der Waals surface area contributed by atoms with Crippen molar-refractivity contribution >= 4 is 36.7 Å². The van der Waals surface area contributed by atoms with Crippen LogP contribution in [0, 0.1) is 0 Å². The minimum Gasteiger partial charge on any atom is -0.461 e. The fourth-order valence-corrected chi connectivity index (χ4v) is 1.80. The largest absolute Gasteiger partial charge is 0.461 e. The number of nitrogen functional groups attached to an aromatic ring is 1. The molecule has 2 heterocycles. The van der Waals surface area contributed by atoms with Gasteiger partial charge in [-0.2, -0.15) is 0 Å². The second-order valence-corrected chi connectivity index (χ2v) is 4.28. The monoisotopic (exact) mass is 279 g/mol. The Hall–Kier alpha value is -1.76. The van der Waals surface area contributed by atoms with Gasteiger partial charge in [0, 0.05) is 12.0 Å². The summed E-state index contributed by atoms with van der Waals surface area (Å²) in [4.78, 5) is 20.9. The molecule has 1 aromatic heterocycles. The van der Waals surface area contributed by atoms with E-state index in [4.69, 9.17) is 34.8 Å².